The van der Waals surface area contributed by atoms with Crippen molar-refractivity contribution in [3.63, 3.8) is 0 Å². The quantitative estimate of drug-likeness (QED) is 0.834. The minimum Gasteiger partial charge on any atom is -0.339 e. The van der Waals surface area contributed by atoms with Gasteiger partial charge in [-0.2, -0.15) is 0 Å². The van der Waals surface area contributed by atoms with E-state index in [0.717, 1.165) is 70.4 Å². The largest absolute Gasteiger partial charge is 0.339 e. The van der Waals surface area contributed by atoms with Crippen molar-refractivity contribution in [3.05, 3.63) is 35.9 Å². The third-order valence-electron chi connectivity index (χ3n) is 5.84. The van der Waals surface area contributed by atoms with E-state index in [1.807, 2.05) is 35.2 Å². The molecule has 1 aliphatic carbocycles. The van der Waals surface area contributed by atoms with Gasteiger partial charge in [-0.25, -0.2) is 4.79 Å². The zero-order valence-corrected chi connectivity index (χ0v) is 16.4. The molecule has 0 atom stereocenters. The zero-order valence-electron chi connectivity index (χ0n) is 16.4. The van der Waals surface area contributed by atoms with Crippen molar-refractivity contribution in [1.82, 2.24) is 20.4 Å². The number of rotatable bonds is 5. The maximum Gasteiger partial charge on any atom is 0.315 e. The SMILES string of the molecule is CCN1CCCN(C(=O)C2(NC(=O)NCc3ccccc3)CCCC2)CC1. The fourth-order valence-electron chi connectivity index (χ4n) is 4.20. The molecule has 2 fully saturated rings. The van der Waals surface area contributed by atoms with Crippen LogP contribution in [-0.4, -0.2) is 60.0 Å². The average molecular weight is 373 g/mol. The number of nitrogens with zero attached hydrogens (tertiary/aromatic N) is 2. The summed E-state index contributed by atoms with van der Waals surface area (Å²) in [6.45, 7) is 7.14. The van der Waals surface area contributed by atoms with Crippen LogP contribution in [0.1, 0.15) is 44.6 Å². The smallest absolute Gasteiger partial charge is 0.315 e. The maximum absolute atomic E-state index is 13.3. The first-order chi connectivity index (χ1) is 13.1. The number of carbonyl (C=O) groups is 2. The summed E-state index contributed by atoms with van der Waals surface area (Å²) < 4.78 is 0. The molecule has 1 aromatic rings. The summed E-state index contributed by atoms with van der Waals surface area (Å²) in [5, 5.41) is 5.96. The lowest BCUT2D eigenvalue weighted by atomic mass is 9.95. The van der Waals surface area contributed by atoms with Crippen LogP contribution in [0.3, 0.4) is 0 Å². The van der Waals surface area contributed by atoms with Crippen molar-refractivity contribution < 1.29 is 9.59 Å². The van der Waals surface area contributed by atoms with Crippen LogP contribution in [0.5, 0.6) is 0 Å². The number of hydrogen-bond acceptors (Lipinski definition) is 3. The van der Waals surface area contributed by atoms with Crippen LogP contribution in [0.15, 0.2) is 30.3 Å². The minimum atomic E-state index is -0.734. The molecule has 6 heteroatoms. The number of benzene rings is 1. The number of amides is 3. The molecule has 0 unspecified atom stereocenters. The Bertz CT molecular complexity index is 628. The van der Waals surface area contributed by atoms with Crippen LogP contribution >= 0.6 is 0 Å². The third-order valence-corrected chi connectivity index (χ3v) is 5.84. The molecule has 3 amide bonds. The Morgan fingerprint density at radius 3 is 2.44 bits per heavy atom. The summed E-state index contributed by atoms with van der Waals surface area (Å²) in [6, 6.07) is 9.57. The molecule has 6 nitrogen and oxygen atoms in total. The fourth-order valence-corrected chi connectivity index (χ4v) is 4.20. The first kappa shape index (κ1) is 19.7. The Balaban J connectivity index is 1.60. The normalized spacial score (nSPS) is 20.1. The lowest BCUT2D eigenvalue weighted by Crippen LogP contribution is -2.60. The summed E-state index contributed by atoms with van der Waals surface area (Å²) in [7, 11) is 0. The van der Waals surface area contributed by atoms with Gasteiger partial charge in [0, 0.05) is 26.2 Å². The summed E-state index contributed by atoms with van der Waals surface area (Å²) >= 11 is 0. The molecule has 148 valence electrons. The number of likely N-dealkylation sites (N-methyl/N-ethyl adjacent to an activating group) is 1. The van der Waals surface area contributed by atoms with Crippen molar-refractivity contribution in [1.29, 1.82) is 0 Å². The van der Waals surface area contributed by atoms with E-state index < -0.39 is 5.54 Å². The highest BCUT2D eigenvalue weighted by atomic mass is 16.2. The van der Waals surface area contributed by atoms with Crippen LogP contribution < -0.4 is 10.6 Å². The summed E-state index contributed by atoms with van der Waals surface area (Å²) in [6.07, 6.45) is 4.44. The van der Waals surface area contributed by atoms with Gasteiger partial charge in [0.05, 0.1) is 0 Å². The second-order valence-corrected chi connectivity index (χ2v) is 7.66. The molecule has 1 saturated carbocycles. The zero-order chi connectivity index (χ0) is 19.1. The van der Waals surface area contributed by atoms with E-state index in [9.17, 15) is 9.59 Å². The molecule has 1 saturated heterocycles. The Hall–Kier alpha value is -2.08. The molecule has 1 heterocycles. The Kier molecular flexibility index (Phi) is 6.72. The van der Waals surface area contributed by atoms with E-state index in [4.69, 9.17) is 0 Å². The molecule has 3 rings (SSSR count). The van der Waals surface area contributed by atoms with E-state index in [2.05, 4.69) is 22.5 Å². The molecule has 2 aliphatic rings. The topological polar surface area (TPSA) is 64.7 Å². The highest BCUT2D eigenvalue weighted by molar-refractivity contribution is 5.91. The summed E-state index contributed by atoms with van der Waals surface area (Å²) in [5.74, 6) is 0.104. The van der Waals surface area contributed by atoms with E-state index in [1.165, 1.54) is 0 Å². The maximum atomic E-state index is 13.3. The van der Waals surface area contributed by atoms with Gasteiger partial charge in [0.25, 0.3) is 0 Å². The van der Waals surface area contributed by atoms with E-state index in [0.29, 0.717) is 6.54 Å². The van der Waals surface area contributed by atoms with Crippen molar-refractivity contribution >= 4 is 11.9 Å². The van der Waals surface area contributed by atoms with Crippen LogP contribution in [0.25, 0.3) is 0 Å². The summed E-state index contributed by atoms with van der Waals surface area (Å²) in [5.41, 5.74) is 0.314. The van der Waals surface area contributed by atoms with Crippen LogP contribution in [0, 0.1) is 0 Å². The molecule has 0 bridgehead atoms. The molecule has 0 spiro atoms. The van der Waals surface area contributed by atoms with Gasteiger partial charge >= 0.3 is 6.03 Å². The van der Waals surface area contributed by atoms with Crippen LogP contribution in [0.2, 0.25) is 0 Å². The Labute approximate surface area is 162 Å². The second-order valence-electron chi connectivity index (χ2n) is 7.66. The number of hydrogen-bond donors (Lipinski definition) is 2. The van der Waals surface area contributed by atoms with Crippen LogP contribution in [-0.2, 0) is 11.3 Å². The molecular weight excluding hydrogens is 340 g/mol. The van der Waals surface area contributed by atoms with Crippen molar-refractivity contribution in [2.45, 2.75) is 51.1 Å². The third kappa shape index (κ3) is 5.01. The minimum absolute atomic E-state index is 0.104. The van der Waals surface area contributed by atoms with Crippen molar-refractivity contribution in [2.75, 3.05) is 32.7 Å². The van der Waals surface area contributed by atoms with Gasteiger partial charge in [-0.1, -0.05) is 50.1 Å². The standard InChI is InChI=1S/C21H32N4O2/c1-2-24-13-8-14-25(16-15-24)19(26)21(11-6-7-12-21)23-20(27)22-17-18-9-4-3-5-10-18/h3-5,9-10H,2,6-8,11-17H2,1H3,(H2,22,23,27). The van der Waals surface area contributed by atoms with E-state index in [-0.39, 0.29) is 11.9 Å². The molecule has 0 radical (unpaired) electrons. The van der Waals surface area contributed by atoms with Crippen LogP contribution in [0.4, 0.5) is 4.79 Å². The van der Waals surface area contributed by atoms with E-state index >= 15 is 0 Å². The Morgan fingerprint density at radius 2 is 1.74 bits per heavy atom. The first-order valence-electron chi connectivity index (χ1n) is 10.2. The second kappa shape index (κ2) is 9.22. The molecule has 1 aromatic carbocycles. The van der Waals surface area contributed by atoms with Gasteiger partial charge in [-0.05, 0) is 37.9 Å². The van der Waals surface area contributed by atoms with Gasteiger partial charge in [0.1, 0.15) is 5.54 Å². The summed E-state index contributed by atoms with van der Waals surface area (Å²) in [4.78, 5) is 30.2. The van der Waals surface area contributed by atoms with Gasteiger partial charge in [0.2, 0.25) is 5.91 Å². The first-order valence-corrected chi connectivity index (χ1v) is 10.2. The fraction of sp³-hybridized carbons (Fsp3) is 0.619. The lowest BCUT2D eigenvalue weighted by molar-refractivity contribution is -0.137. The highest BCUT2D eigenvalue weighted by Gasteiger charge is 2.44. The number of carbonyl (C=O) groups excluding carboxylic acids is 2. The predicted octanol–water partition coefficient (Wildman–Crippen LogP) is 2.35. The van der Waals surface area contributed by atoms with Gasteiger partial charge in [0.15, 0.2) is 0 Å². The molecular formula is C21H32N4O2. The molecule has 0 aromatic heterocycles. The number of nitrogens with one attached hydrogen (secondary N) is 2. The van der Waals surface area contributed by atoms with Gasteiger partial charge in [-0.3, -0.25) is 4.79 Å². The highest BCUT2D eigenvalue weighted by Crippen LogP contribution is 2.32. The van der Waals surface area contributed by atoms with Gasteiger partial charge < -0.3 is 20.4 Å². The molecule has 27 heavy (non-hydrogen) atoms. The lowest BCUT2D eigenvalue weighted by Gasteiger charge is -2.34. The van der Waals surface area contributed by atoms with E-state index in [1.54, 1.807) is 0 Å². The van der Waals surface area contributed by atoms with Crippen molar-refractivity contribution in [3.8, 4) is 0 Å². The monoisotopic (exact) mass is 372 g/mol. The number of urea groups is 1. The average Bonchev–Trinajstić information content (AvgIpc) is 3.03. The molecule has 2 N–H and O–H groups in total. The Morgan fingerprint density at radius 1 is 1.00 bits per heavy atom. The predicted molar refractivity (Wildman–Crippen MR) is 106 cm³/mol. The molecule has 1 aliphatic heterocycles. The van der Waals surface area contributed by atoms with Gasteiger partial charge in [-0.15, -0.1) is 0 Å². The van der Waals surface area contributed by atoms with Crippen molar-refractivity contribution in [2.24, 2.45) is 0 Å².